The van der Waals surface area contributed by atoms with Gasteiger partial charge in [0.25, 0.3) is 0 Å². The summed E-state index contributed by atoms with van der Waals surface area (Å²) in [6.45, 7) is 10.6. The molecule has 0 spiro atoms. The second-order valence-corrected chi connectivity index (χ2v) is 8.43. The molecule has 0 aromatic heterocycles. The molecule has 0 saturated carbocycles. The van der Waals surface area contributed by atoms with E-state index < -0.39 is 11.0 Å². The third kappa shape index (κ3) is 2.38. The zero-order chi connectivity index (χ0) is 14.3. The molecule has 3 atom stereocenters. The van der Waals surface area contributed by atoms with Crippen molar-refractivity contribution in [2.75, 3.05) is 0 Å². The molecule has 0 amide bonds. The Bertz CT molecular complexity index is 459. The van der Waals surface area contributed by atoms with Gasteiger partial charge in [-0.2, -0.15) is 0 Å². The summed E-state index contributed by atoms with van der Waals surface area (Å²) in [5, 5.41) is 0. The summed E-state index contributed by atoms with van der Waals surface area (Å²) >= 11 is 0. The molecule has 2 unspecified atom stereocenters. The van der Waals surface area contributed by atoms with Gasteiger partial charge in [0.15, 0.2) is 0 Å². The monoisotopic (exact) mass is 279 g/mol. The molecule has 1 aliphatic heterocycles. The molecule has 1 aromatic carbocycles. The average molecular weight is 279 g/mol. The average Bonchev–Trinajstić information content (AvgIpc) is 3.07. The molecular formula is C16H25NOS. The van der Waals surface area contributed by atoms with Crippen molar-refractivity contribution in [2.24, 2.45) is 0 Å². The van der Waals surface area contributed by atoms with E-state index in [2.05, 4.69) is 63.2 Å². The van der Waals surface area contributed by atoms with Crippen LogP contribution in [-0.2, 0) is 11.0 Å². The van der Waals surface area contributed by atoms with Gasteiger partial charge in [0.05, 0.1) is 16.3 Å². The molecule has 106 valence electrons. The molecule has 1 aliphatic rings. The van der Waals surface area contributed by atoms with Gasteiger partial charge >= 0.3 is 0 Å². The summed E-state index contributed by atoms with van der Waals surface area (Å²) in [6.07, 6.45) is 2.09. The van der Waals surface area contributed by atoms with Crippen molar-refractivity contribution < 1.29 is 4.21 Å². The summed E-state index contributed by atoms with van der Waals surface area (Å²) < 4.78 is 14.8. The van der Waals surface area contributed by atoms with Crippen LogP contribution in [0.5, 0.6) is 0 Å². The van der Waals surface area contributed by atoms with Crippen LogP contribution in [0.4, 0.5) is 0 Å². The van der Waals surface area contributed by atoms with Crippen LogP contribution in [0.2, 0.25) is 0 Å². The summed E-state index contributed by atoms with van der Waals surface area (Å²) in [5.74, 6) is 0. The predicted molar refractivity (Wildman–Crippen MR) is 82.2 cm³/mol. The van der Waals surface area contributed by atoms with E-state index in [-0.39, 0.29) is 10.3 Å². The standard InChI is InChI=1S/C16H25NOS/c1-6-16(7-2)14(13-11-9-8-10-12-13)17(16)19(18)15(3,4)5/h8-12,14H,6-7H2,1-5H3/t14-,17?,19?/m1/s1. The lowest BCUT2D eigenvalue weighted by Crippen LogP contribution is -2.31. The lowest BCUT2D eigenvalue weighted by atomic mass is 9.94. The lowest BCUT2D eigenvalue weighted by Gasteiger charge is -2.21. The molecule has 0 bridgehead atoms. The topological polar surface area (TPSA) is 20.1 Å². The predicted octanol–water partition coefficient (Wildman–Crippen LogP) is 4.06. The van der Waals surface area contributed by atoms with Crippen molar-refractivity contribution in [1.82, 2.24) is 4.31 Å². The maximum Gasteiger partial charge on any atom is 0.101 e. The third-order valence-corrected chi connectivity index (χ3v) is 6.14. The highest BCUT2D eigenvalue weighted by molar-refractivity contribution is 7.84. The fourth-order valence-electron chi connectivity index (χ4n) is 2.93. The van der Waals surface area contributed by atoms with Gasteiger partial charge in [-0.05, 0) is 39.2 Å². The van der Waals surface area contributed by atoms with E-state index in [1.165, 1.54) is 5.56 Å². The van der Waals surface area contributed by atoms with Crippen molar-refractivity contribution in [3.63, 3.8) is 0 Å². The van der Waals surface area contributed by atoms with Gasteiger partial charge in [0.2, 0.25) is 0 Å². The lowest BCUT2D eigenvalue weighted by molar-refractivity contribution is 0.489. The van der Waals surface area contributed by atoms with Crippen LogP contribution < -0.4 is 0 Å². The van der Waals surface area contributed by atoms with Gasteiger partial charge in [-0.25, -0.2) is 8.51 Å². The smallest absolute Gasteiger partial charge is 0.101 e. The highest BCUT2D eigenvalue weighted by Gasteiger charge is 2.64. The molecular weight excluding hydrogens is 254 g/mol. The Hall–Kier alpha value is -0.670. The number of rotatable bonds is 4. The molecule has 0 aliphatic carbocycles. The minimum Gasteiger partial charge on any atom is -0.242 e. The molecule has 19 heavy (non-hydrogen) atoms. The van der Waals surface area contributed by atoms with Crippen molar-refractivity contribution in [2.45, 2.75) is 63.8 Å². The first-order chi connectivity index (χ1) is 8.88. The molecule has 0 radical (unpaired) electrons. The van der Waals surface area contributed by atoms with Gasteiger partial charge in [0, 0.05) is 0 Å². The largest absolute Gasteiger partial charge is 0.242 e. The second-order valence-electron chi connectivity index (χ2n) is 6.31. The maximum absolute atomic E-state index is 12.8. The summed E-state index contributed by atoms with van der Waals surface area (Å²) in [5.41, 5.74) is 1.38. The molecule has 0 N–H and O–H groups in total. The molecule has 1 aromatic rings. The first kappa shape index (κ1) is 14.7. The van der Waals surface area contributed by atoms with E-state index in [0.717, 1.165) is 12.8 Å². The van der Waals surface area contributed by atoms with Crippen molar-refractivity contribution in [3.05, 3.63) is 35.9 Å². The van der Waals surface area contributed by atoms with E-state index in [1.54, 1.807) is 0 Å². The Morgan fingerprint density at radius 3 is 2.11 bits per heavy atom. The first-order valence-corrected chi connectivity index (χ1v) is 8.25. The second kappa shape index (κ2) is 5.02. The van der Waals surface area contributed by atoms with E-state index in [9.17, 15) is 4.21 Å². The minimum absolute atomic E-state index is 0.0828. The number of nitrogens with zero attached hydrogens (tertiary/aromatic N) is 1. The van der Waals surface area contributed by atoms with Crippen LogP contribution in [-0.4, -0.2) is 18.8 Å². The van der Waals surface area contributed by atoms with E-state index in [1.807, 2.05) is 6.07 Å². The molecule has 2 rings (SSSR count). The number of hydrogen-bond acceptors (Lipinski definition) is 1. The first-order valence-electron chi connectivity index (χ1n) is 7.14. The fraction of sp³-hybridized carbons (Fsp3) is 0.625. The molecule has 2 nitrogen and oxygen atoms in total. The quantitative estimate of drug-likeness (QED) is 0.761. The Kier molecular flexibility index (Phi) is 3.90. The minimum atomic E-state index is -0.944. The molecule has 3 heteroatoms. The molecule has 1 saturated heterocycles. The van der Waals surface area contributed by atoms with Crippen molar-refractivity contribution in [1.29, 1.82) is 0 Å². The van der Waals surface area contributed by atoms with Crippen molar-refractivity contribution >= 4 is 11.0 Å². The Balaban J connectivity index is 2.36. The number of hydrogen-bond donors (Lipinski definition) is 0. The maximum atomic E-state index is 12.8. The normalized spacial score (nSPS) is 27.0. The van der Waals surface area contributed by atoms with Gasteiger partial charge < -0.3 is 0 Å². The van der Waals surface area contributed by atoms with Crippen LogP contribution in [0, 0.1) is 0 Å². The molecule has 1 fully saturated rings. The Labute approximate surface area is 119 Å². The zero-order valence-corrected chi connectivity index (χ0v) is 13.5. The van der Waals surface area contributed by atoms with Crippen molar-refractivity contribution in [3.8, 4) is 0 Å². The van der Waals surface area contributed by atoms with Crippen LogP contribution in [0.15, 0.2) is 30.3 Å². The highest BCUT2D eigenvalue weighted by atomic mass is 32.2. The van der Waals surface area contributed by atoms with Crippen LogP contribution in [0.3, 0.4) is 0 Å². The van der Waals surface area contributed by atoms with Gasteiger partial charge in [-0.3, -0.25) is 0 Å². The Morgan fingerprint density at radius 2 is 1.68 bits per heavy atom. The molecule has 1 heterocycles. The van der Waals surface area contributed by atoms with Gasteiger partial charge in [0.1, 0.15) is 11.0 Å². The van der Waals surface area contributed by atoms with Crippen LogP contribution in [0.1, 0.15) is 59.1 Å². The fourth-order valence-corrected chi connectivity index (χ4v) is 4.67. The van der Waals surface area contributed by atoms with E-state index in [4.69, 9.17) is 0 Å². The SMILES string of the molecule is CCC1(CC)[C@@H](c2ccccc2)N1S(=O)C(C)(C)C. The summed E-state index contributed by atoms with van der Waals surface area (Å²) in [7, 11) is -0.944. The van der Waals surface area contributed by atoms with Gasteiger partial charge in [-0.15, -0.1) is 0 Å². The van der Waals surface area contributed by atoms with Crippen LogP contribution >= 0.6 is 0 Å². The summed E-state index contributed by atoms with van der Waals surface area (Å²) in [4.78, 5) is 0. The zero-order valence-electron chi connectivity index (χ0n) is 12.6. The number of benzene rings is 1. The van der Waals surface area contributed by atoms with Crippen LogP contribution in [0.25, 0.3) is 0 Å². The van der Waals surface area contributed by atoms with E-state index in [0.29, 0.717) is 6.04 Å². The summed E-state index contributed by atoms with van der Waals surface area (Å²) in [6, 6.07) is 10.8. The highest BCUT2D eigenvalue weighted by Crippen LogP contribution is 2.59. The Morgan fingerprint density at radius 1 is 1.16 bits per heavy atom. The third-order valence-electron chi connectivity index (χ3n) is 4.16. The van der Waals surface area contributed by atoms with Gasteiger partial charge in [-0.1, -0.05) is 44.2 Å². The van der Waals surface area contributed by atoms with E-state index >= 15 is 0 Å².